The Morgan fingerprint density at radius 1 is 1.22 bits per heavy atom. The van der Waals surface area contributed by atoms with Gasteiger partial charge in [-0.3, -0.25) is 4.79 Å². The zero-order valence-corrected chi connectivity index (χ0v) is 19.1. The van der Waals surface area contributed by atoms with Gasteiger partial charge in [-0.2, -0.15) is 19.6 Å². The third-order valence-electron chi connectivity index (χ3n) is 5.60. The largest absolute Gasteiger partial charge is 0.459 e. The van der Waals surface area contributed by atoms with Gasteiger partial charge in [0.2, 0.25) is 11.9 Å². The van der Waals surface area contributed by atoms with Gasteiger partial charge in [0.15, 0.2) is 5.65 Å². The lowest BCUT2D eigenvalue weighted by molar-refractivity contribution is -0.114. The Labute approximate surface area is 188 Å². The quantitative estimate of drug-likeness (QED) is 0.519. The Morgan fingerprint density at radius 2 is 2.03 bits per heavy atom. The Kier molecular flexibility index (Phi) is 6.55. The topological polar surface area (TPSA) is 105 Å². The Balaban J connectivity index is 1.68. The van der Waals surface area contributed by atoms with Crippen LogP contribution in [0.2, 0.25) is 0 Å². The van der Waals surface area contributed by atoms with E-state index in [0.29, 0.717) is 12.0 Å². The van der Waals surface area contributed by atoms with E-state index in [0.717, 1.165) is 48.4 Å². The van der Waals surface area contributed by atoms with Crippen LogP contribution in [0.5, 0.6) is 6.01 Å². The number of aromatic nitrogens is 4. The molecule has 1 aliphatic rings. The van der Waals surface area contributed by atoms with Gasteiger partial charge in [0.25, 0.3) is 0 Å². The minimum absolute atomic E-state index is 0.0439. The second-order valence-corrected chi connectivity index (χ2v) is 8.54. The van der Waals surface area contributed by atoms with Crippen LogP contribution >= 0.6 is 0 Å². The number of benzene rings is 1. The fraction of sp³-hybridized carbons (Fsp3) is 0.478. The first-order valence-electron chi connectivity index (χ1n) is 11.2. The van der Waals surface area contributed by atoms with Gasteiger partial charge in [0.05, 0.1) is 12.2 Å². The predicted octanol–water partition coefficient (Wildman–Crippen LogP) is 3.51. The van der Waals surface area contributed by atoms with Crippen LogP contribution in [0.3, 0.4) is 0 Å². The molecule has 2 aromatic heterocycles. The first kappa shape index (κ1) is 22.0. The number of ether oxygens (including phenoxy) is 1. The Hall–Kier alpha value is -3.20. The molecule has 3 N–H and O–H groups in total. The maximum absolute atomic E-state index is 11.6. The van der Waals surface area contributed by atoms with E-state index in [4.69, 9.17) is 9.72 Å². The van der Waals surface area contributed by atoms with Crippen molar-refractivity contribution < 1.29 is 9.53 Å². The second kappa shape index (κ2) is 9.52. The lowest BCUT2D eigenvalue weighted by Gasteiger charge is -2.23. The molecule has 1 aromatic carbocycles. The molecule has 0 radical (unpaired) electrons. The van der Waals surface area contributed by atoms with E-state index in [9.17, 15) is 4.79 Å². The molecule has 0 aliphatic carbocycles. The van der Waals surface area contributed by atoms with Crippen molar-refractivity contribution in [3.63, 3.8) is 0 Å². The van der Waals surface area contributed by atoms with Gasteiger partial charge in [0.1, 0.15) is 6.10 Å². The van der Waals surface area contributed by atoms with Crippen molar-refractivity contribution in [1.29, 1.82) is 0 Å². The molecular formula is C23H31N7O2. The fourth-order valence-corrected chi connectivity index (χ4v) is 3.95. The number of carbonyl (C=O) groups is 1. The molecule has 4 rings (SSSR count). The maximum Gasteiger partial charge on any atom is 0.322 e. The van der Waals surface area contributed by atoms with Crippen LogP contribution in [0.4, 0.5) is 11.6 Å². The fourth-order valence-electron chi connectivity index (χ4n) is 3.95. The molecular weight excluding hydrogens is 406 g/mol. The second-order valence-electron chi connectivity index (χ2n) is 8.54. The van der Waals surface area contributed by atoms with Gasteiger partial charge >= 0.3 is 6.01 Å². The van der Waals surface area contributed by atoms with Crippen molar-refractivity contribution >= 4 is 23.2 Å². The number of carbonyl (C=O) groups excluding carboxylic acids is 1. The van der Waals surface area contributed by atoms with Crippen LogP contribution in [-0.4, -0.2) is 44.7 Å². The summed E-state index contributed by atoms with van der Waals surface area (Å²) < 4.78 is 7.87. The third kappa shape index (κ3) is 4.83. The molecule has 1 aliphatic heterocycles. The average Bonchev–Trinajstić information content (AvgIpc) is 3.19. The van der Waals surface area contributed by atoms with Crippen LogP contribution in [0, 0.1) is 0 Å². The summed E-state index contributed by atoms with van der Waals surface area (Å²) in [6.45, 7) is 9.55. The van der Waals surface area contributed by atoms with Gasteiger partial charge in [-0.15, -0.1) is 0 Å². The summed E-state index contributed by atoms with van der Waals surface area (Å²) in [7, 11) is 0. The van der Waals surface area contributed by atoms with E-state index in [-0.39, 0.29) is 24.0 Å². The van der Waals surface area contributed by atoms with E-state index in [1.54, 1.807) is 4.52 Å². The summed E-state index contributed by atoms with van der Waals surface area (Å²) >= 11 is 0. The van der Waals surface area contributed by atoms with Crippen LogP contribution < -0.4 is 20.7 Å². The van der Waals surface area contributed by atoms with Crippen molar-refractivity contribution in [3.05, 3.63) is 41.6 Å². The number of hydrogen-bond donors (Lipinski definition) is 3. The minimum atomic E-state index is -0.146. The van der Waals surface area contributed by atoms with Crippen molar-refractivity contribution in [2.24, 2.45) is 0 Å². The van der Waals surface area contributed by atoms with E-state index in [2.05, 4.69) is 39.9 Å². The summed E-state index contributed by atoms with van der Waals surface area (Å²) in [5.41, 5.74) is 3.48. The number of anilines is 2. The summed E-state index contributed by atoms with van der Waals surface area (Å²) in [6, 6.07) is 7.92. The van der Waals surface area contributed by atoms with Gasteiger partial charge < -0.3 is 20.7 Å². The molecule has 0 bridgehead atoms. The number of para-hydroxylation sites is 1. The lowest BCUT2D eigenvalue weighted by Crippen LogP contribution is -2.37. The molecule has 3 heterocycles. The number of hydrogen-bond acceptors (Lipinski definition) is 7. The molecule has 2 unspecified atom stereocenters. The predicted molar refractivity (Wildman–Crippen MR) is 124 cm³/mol. The highest BCUT2D eigenvalue weighted by Crippen LogP contribution is 2.28. The monoisotopic (exact) mass is 437 g/mol. The SMILES string of the molecule is CC(=O)Nc1ccccc1C(C)Nc1nc(OC2CCCNC2)nc2c(C(C)C)cnn12. The first-order valence-corrected chi connectivity index (χ1v) is 11.2. The smallest absolute Gasteiger partial charge is 0.322 e. The molecule has 2 atom stereocenters. The zero-order valence-electron chi connectivity index (χ0n) is 19.1. The van der Waals surface area contributed by atoms with Crippen LogP contribution in [0.1, 0.15) is 63.6 Å². The average molecular weight is 438 g/mol. The Bertz CT molecular complexity index is 1090. The molecule has 170 valence electrons. The lowest BCUT2D eigenvalue weighted by atomic mass is 10.1. The standard InChI is InChI=1S/C23H31N7O2/c1-14(2)19-13-25-30-21(19)28-23(32-17-8-7-11-24-12-17)29-22(30)26-15(3)18-9-5-6-10-20(18)27-16(4)31/h5-6,9-10,13-15,17,24H,7-8,11-12H2,1-4H3,(H,27,31)(H,26,28,29). The number of rotatable bonds is 7. The molecule has 1 amide bonds. The van der Waals surface area contributed by atoms with Crippen molar-refractivity contribution in [2.75, 3.05) is 23.7 Å². The number of fused-ring (bicyclic) bond motifs is 1. The minimum Gasteiger partial charge on any atom is -0.459 e. The molecule has 9 nitrogen and oxygen atoms in total. The number of nitrogens with zero attached hydrogens (tertiary/aromatic N) is 4. The highest BCUT2D eigenvalue weighted by atomic mass is 16.5. The van der Waals surface area contributed by atoms with Gasteiger partial charge in [-0.05, 0) is 43.9 Å². The number of piperidine rings is 1. The molecule has 0 spiro atoms. The summed E-state index contributed by atoms with van der Waals surface area (Å²) in [4.78, 5) is 21.0. The highest BCUT2D eigenvalue weighted by Gasteiger charge is 2.21. The normalized spacial score (nSPS) is 17.3. The maximum atomic E-state index is 11.6. The summed E-state index contributed by atoms with van der Waals surface area (Å²) in [6.07, 6.45) is 3.92. The van der Waals surface area contributed by atoms with Crippen LogP contribution in [-0.2, 0) is 4.79 Å². The third-order valence-corrected chi connectivity index (χ3v) is 5.60. The van der Waals surface area contributed by atoms with Crippen molar-refractivity contribution in [1.82, 2.24) is 24.9 Å². The van der Waals surface area contributed by atoms with Gasteiger partial charge in [-0.25, -0.2) is 0 Å². The summed E-state index contributed by atoms with van der Waals surface area (Å²) in [5.74, 6) is 0.697. The van der Waals surface area contributed by atoms with E-state index in [1.807, 2.05) is 37.4 Å². The Morgan fingerprint density at radius 3 is 2.75 bits per heavy atom. The van der Waals surface area contributed by atoms with Gasteiger partial charge in [0, 0.05) is 24.7 Å². The number of nitrogens with one attached hydrogen (secondary N) is 3. The van der Waals surface area contributed by atoms with E-state index < -0.39 is 0 Å². The van der Waals surface area contributed by atoms with E-state index in [1.165, 1.54) is 6.92 Å². The zero-order chi connectivity index (χ0) is 22.7. The first-order chi connectivity index (χ1) is 15.4. The van der Waals surface area contributed by atoms with Gasteiger partial charge in [-0.1, -0.05) is 32.0 Å². The molecule has 9 heteroatoms. The summed E-state index contributed by atoms with van der Waals surface area (Å²) in [5, 5.41) is 14.2. The molecule has 32 heavy (non-hydrogen) atoms. The van der Waals surface area contributed by atoms with Crippen molar-refractivity contribution in [2.45, 2.75) is 58.6 Å². The molecule has 3 aromatic rings. The molecule has 0 saturated carbocycles. The van der Waals surface area contributed by atoms with E-state index >= 15 is 0 Å². The van der Waals surface area contributed by atoms with Crippen LogP contribution in [0.15, 0.2) is 30.5 Å². The highest BCUT2D eigenvalue weighted by molar-refractivity contribution is 5.89. The number of amides is 1. The van der Waals surface area contributed by atoms with Crippen molar-refractivity contribution in [3.8, 4) is 6.01 Å². The molecule has 1 fully saturated rings. The van der Waals surface area contributed by atoms with Crippen LogP contribution in [0.25, 0.3) is 5.65 Å². The molecule has 1 saturated heterocycles.